The average molecular weight is 284 g/mol. The number of carbonyl (C=O) groups is 2. The van der Waals surface area contributed by atoms with Gasteiger partial charge in [0.25, 0.3) is 0 Å². The standard InChI is InChI=1S/C16H16N2O3/c19-14(20)8-18-16(21)13-7-12(13)15(17-18)11-5-4-9-2-1-3-10(9)6-11/h4-6,12-13H,1-3,7-8H2,(H,19,20)/t12-,13-/m0/s1. The fraction of sp³-hybridized carbons (Fsp3) is 0.438. The van der Waals surface area contributed by atoms with Crippen LogP contribution in [0.15, 0.2) is 23.3 Å². The smallest absolute Gasteiger partial charge is 0.325 e. The van der Waals surface area contributed by atoms with Crippen LogP contribution in [0.4, 0.5) is 0 Å². The van der Waals surface area contributed by atoms with Gasteiger partial charge < -0.3 is 5.11 Å². The summed E-state index contributed by atoms with van der Waals surface area (Å²) in [5, 5.41) is 14.4. The van der Waals surface area contributed by atoms with E-state index in [0.29, 0.717) is 0 Å². The fourth-order valence-electron chi connectivity index (χ4n) is 3.46. The molecule has 0 aromatic heterocycles. The zero-order valence-electron chi connectivity index (χ0n) is 11.6. The van der Waals surface area contributed by atoms with Gasteiger partial charge in [-0.2, -0.15) is 5.10 Å². The lowest BCUT2D eigenvalue weighted by molar-refractivity contribution is -0.145. The van der Waals surface area contributed by atoms with E-state index in [4.69, 9.17) is 5.11 Å². The zero-order valence-corrected chi connectivity index (χ0v) is 11.6. The van der Waals surface area contributed by atoms with E-state index in [-0.39, 0.29) is 24.3 Å². The second kappa shape index (κ2) is 4.41. The van der Waals surface area contributed by atoms with Crippen LogP contribution >= 0.6 is 0 Å². The molecule has 0 unspecified atom stereocenters. The predicted molar refractivity (Wildman–Crippen MR) is 75.9 cm³/mol. The average Bonchev–Trinajstić information content (AvgIpc) is 3.11. The lowest BCUT2D eigenvalue weighted by Gasteiger charge is -2.22. The van der Waals surface area contributed by atoms with Gasteiger partial charge in [-0.25, -0.2) is 5.01 Å². The Hall–Kier alpha value is -2.17. The molecule has 4 rings (SSSR count). The molecule has 1 saturated carbocycles. The first-order chi connectivity index (χ1) is 10.1. The van der Waals surface area contributed by atoms with Crippen LogP contribution in [0.5, 0.6) is 0 Å². The SMILES string of the molecule is O=C(O)CN1N=C(c2ccc3c(c2)CCC3)[C@H]2C[C@@H]2C1=O. The van der Waals surface area contributed by atoms with E-state index >= 15 is 0 Å². The van der Waals surface area contributed by atoms with Gasteiger partial charge >= 0.3 is 5.97 Å². The molecule has 0 bridgehead atoms. The Labute approximate surface area is 122 Å². The van der Waals surface area contributed by atoms with E-state index in [1.54, 1.807) is 0 Å². The number of amides is 1. The number of rotatable bonds is 3. The van der Waals surface area contributed by atoms with Crippen molar-refractivity contribution in [2.24, 2.45) is 16.9 Å². The quantitative estimate of drug-likeness (QED) is 0.913. The van der Waals surface area contributed by atoms with Crippen molar-refractivity contribution < 1.29 is 14.7 Å². The van der Waals surface area contributed by atoms with Crippen molar-refractivity contribution in [3.05, 3.63) is 34.9 Å². The van der Waals surface area contributed by atoms with Gasteiger partial charge in [-0.05, 0) is 48.4 Å². The summed E-state index contributed by atoms with van der Waals surface area (Å²) in [6.45, 7) is -0.351. The number of hydrogen-bond donors (Lipinski definition) is 1. The van der Waals surface area contributed by atoms with E-state index < -0.39 is 5.97 Å². The van der Waals surface area contributed by atoms with Crippen LogP contribution < -0.4 is 0 Å². The van der Waals surface area contributed by atoms with E-state index in [9.17, 15) is 9.59 Å². The molecule has 2 aliphatic carbocycles. The summed E-state index contributed by atoms with van der Waals surface area (Å²) in [6.07, 6.45) is 4.23. The maximum absolute atomic E-state index is 12.0. The molecular formula is C16H16N2O3. The Bertz CT molecular complexity index is 680. The van der Waals surface area contributed by atoms with Gasteiger partial charge in [0.05, 0.1) is 5.71 Å². The van der Waals surface area contributed by atoms with Crippen LogP contribution in [0, 0.1) is 11.8 Å². The molecule has 1 fully saturated rings. The number of benzene rings is 1. The fourth-order valence-corrected chi connectivity index (χ4v) is 3.46. The Balaban J connectivity index is 1.70. The number of carboxylic acid groups (broad SMARTS) is 1. The van der Waals surface area contributed by atoms with Gasteiger partial charge in [0.2, 0.25) is 5.91 Å². The van der Waals surface area contributed by atoms with Gasteiger partial charge in [-0.3, -0.25) is 9.59 Å². The number of nitrogens with zero attached hydrogens (tertiary/aromatic N) is 2. The molecule has 21 heavy (non-hydrogen) atoms. The highest BCUT2D eigenvalue weighted by atomic mass is 16.4. The number of hydrogen-bond acceptors (Lipinski definition) is 3. The van der Waals surface area contributed by atoms with Crippen LogP contribution in [0.25, 0.3) is 0 Å². The Morgan fingerprint density at radius 1 is 1.29 bits per heavy atom. The number of aliphatic carboxylic acids is 1. The lowest BCUT2D eigenvalue weighted by Crippen LogP contribution is -2.37. The summed E-state index contributed by atoms with van der Waals surface area (Å²) < 4.78 is 0. The Kier molecular flexibility index (Phi) is 2.64. The second-order valence-electron chi connectivity index (χ2n) is 6.06. The number of aryl methyl sites for hydroxylation is 2. The molecule has 108 valence electrons. The molecular weight excluding hydrogens is 268 g/mol. The van der Waals surface area contributed by atoms with Crippen molar-refractivity contribution in [1.82, 2.24) is 5.01 Å². The minimum atomic E-state index is -1.03. The highest BCUT2D eigenvalue weighted by molar-refractivity contribution is 6.10. The molecule has 1 aromatic carbocycles. The van der Waals surface area contributed by atoms with Gasteiger partial charge in [0.15, 0.2) is 0 Å². The third kappa shape index (κ3) is 2.04. The van der Waals surface area contributed by atoms with Gasteiger partial charge in [-0.15, -0.1) is 0 Å². The normalized spacial score (nSPS) is 26.2. The predicted octanol–water partition coefficient (Wildman–Crippen LogP) is 1.44. The van der Waals surface area contributed by atoms with Crippen LogP contribution in [-0.4, -0.2) is 34.2 Å². The van der Waals surface area contributed by atoms with Crippen molar-refractivity contribution in [3.8, 4) is 0 Å². The summed E-state index contributed by atoms with van der Waals surface area (Å²) in [4.78, 5) is 22.9. The topological polar surface area (TPSA) is 70.0 Å². The van der Waals surface area contributed by atoms with E-state index in [1.807, 2.05) is 0 Å². The number of fused-ring (bicyclic) bond motifs is 2. The minimum Gasteiger partial charge on any atom is -0.480 e. The largest absolute Gasteiger partial charge is 0.480 e. The van der Waals surface area contributed by atoms with Crippen molar-refractivity contribution in [1.29, 1.82) is 0 Å². The molecule has 0 spiro atoms. The Morgan fingerprint density at radius 2 is 2.10 bits per heavy atom. The third-order valence-electron chi connectivity index (χ3n) is 4.62. The van der Waals surface area contributed by atoms with Crippen LogP contribution in [0.1, 0.15) is 29.5 Å². The molecule has 2 atom stereocenters. The molecule has 1 aliphatic heterocycles. The molecule has 1 N–H and O–H groups in total. The van der Waals surface area contributed by atoms with Crippen molar-refractivity contribution in [2.45, 2.75) is 25.7 Å². The van der Waals surface area contributed by atoms with Gasteiger partial charge in [0, 0.05) is 11.8 Å². The van der Waals surface area contributed by atoms with Gasteiger partial charge in [-0.1, -0.05) is 12.1 Å². The first kappa shape index (κ1) is 12.6. The van der Waals surface area contributed by atoms with E-state index in [1.165, 1.54) is 17.5 Å². The second-order valence-corrected chi connectivity index (χ2v) is 6.06. The molecule has 5 nitrogen and oxygen atoms in total. The van der Waals surface area contributed by atoms with Crippen molar-refractivity contribution in [2.75, 3.05) is 6.54 Å². The van der Waals surface area contributed by atoms with E-state index in [0.717, 1.165) is 35.5 Å². The summed E-state index contributed by atoms with van der Waals surface area (Å²) in [5.74, 6) is -1.06. The van der Waals surface area contributed by atoms with Crippen LogP contribution in [0.2, 0.25) is 0 Å². The van der Waals surface area contributed by atoms with E-state index in [2.05, 4.69) is 23.3 Å². The number of carboxylic acids is 1. The van der Waals surface area contributed by atoms with Crippen LogP contribution in [-0.2, 0) is 22.4 Å². The summed E-state index contributed by atoms with van der Waals surface area (Å²) in [7, 11) is 0. The minimum absolute atomic E-state index is 0.0647. The molecule has 5 heteroatoms. The summed E-state index contributed by atoms with van der Waals surface area (Å²) >= 11 is 0. The van der Waals surface area contributed by atoms with Crippen molar-refractivity contribution >= 4 is 17.6 Å². The molecule has 1 aromatic rings. The third-order valence-corrected chi connectivity index (χ3v) is 4.62. The molecule has 1 amide bonds. The zero-order chi connectivity index (χ0) is 14.6. The molecule has 0 radical (unpaired) electrons. The van der Waals surface area contributed by atoms with Gasteiger partial charge in [0.1, 0.15) is 6.54 Å². The lowest BCUT2D eigenvalue weighted by atomic mass is 9.99. The molecule has 1 heterocycles. The summed E-state index contributed by atoms with van der Waals surface area (Å²) in [6, 6.07) is 6.38. The van der Waals surface area contributed by atoms with Crippen molar-refractivity contribution in [3.63, 3.8) is 0 Å². The number of hydrazone groups is 1. The monoisotopic (exact) mass is 284 g/mol. The number of carbonyl (C=O) groups excluding carboxylic acids is 1. The molecule has 0 saturated heterocycles. The Morgan fingerprint density at radius 3 is 2.90 bits per heavy atom. The highest BCUT2D eigenvalue weighted by Gasteiger charge is 2.52. The maximum atomic E-state index is 12.0. The maximum Gasteiger partial charge on any atom is 0.325 e. The summed E-state index contributed by atoms with van der Waals surface area (Å²) in [5.41, 5.74) is 4.71. The molecule has 3 aliphatic rings. The first-order valence-electron chi connectivity index (χ1n) is 7.37. The van der Waals surface area contributed by atoms with Crippen LogP contribution in [0.3, 0.4) is 0 Å². The first-order valence-corrected chi connectivity index (χ1v) is 7.37. The highest BCUT2D eigenvalue weighted by Crippen LogP contribution is 2.46.